The molecule has 0 N–H and O–H groups in total. The van der Waals surface area contributed by atoms with Gasteiger partial charge < -0.3 is 37.9 Å². The second-order valence-corrected chi connectivity index (χ2v) is 12.2. The van der Waals surface area contributed by atoms with Gasteiger partial charge in [-0.05, 0) is 22.8 Å². The van der Waals surface area contributed by atoms with Crippen molar-refractivity contribution in [1.29, 1.82) is 0 Å². The first-order chi connectivity index (χ1) is 23.8. The summed E-state index contributed by atoms with van der Waals surface area (Å²) in [6, 6.07) is 40.3. The Morgan fingerprint density at radius 3 is 1.92 bits per heavy atom. The minimum Gasteiger partial charge on any atom is -0.493 e. The largest absolute Gasteiger partial charge is 0.493 e. The molecule has 0 aromatic heterocycles. The predicted octanol–water partition coefficient (Wildman–Crippen LogP) is 6.90. The molecule has 3 aliphatic rings. The second-order valence-electron chi connectivity index (χ2n) is 12.2. The van der Waals surface area contributed by atoms with Gasteiger partial charge in [0.2, 0.25) is 0 Å². The molecule has 8 nitrogen and oxygen atoms in total. The van der Waals surface area contributed by atoms with Gasteiger partial charge in [0, 0.05) is 12.0 Å². The fourth-order valence-electron chi connectivity index (χ4n) is 6.27. The number of hydrogen-bond acceptors (Lipinski definition) is 8. The maximum atomic E-state index is 6.71. The molecule has 0 unspecified atom stereocenters. The van der Waals surface area contributed by atoms with Crippen molar-refractivity contribution in [3.05, 3.63) is 156 Å². The van der Waals surface area contributed by atoms with Gasteiger partial charge in [-0.25, -0.2) is 0 Å². The number of ether oxygens (including phenoxy) is 8. The predicted molar refractivity (Wildman–Crippen MR) is 178 cm³/mol. The van der Waals surface area contributed by atoms with E-state index in [1.807, 2.05) is 103 Å². The van der Waals surface area contributed by atoms with Crippen molar-refractivity contribution in [2.45, 2.75) is 75.4 Å². The van der Waals surface area contributed by atoms with Crippen molar-refractivity contribution in [1.82, 2.24) is 0 Å². The summed E-state index contributed by atoms with van der Waals surface area (Å²) in [5, 5.41) is 0. The fourth-order valence-corrected chi connectivity index (χ4v) is 6.27. The lowest BCUT2D eigenvalue weighted by atomic mass is 10.00. The van der Waals surface area contributed by atoms with Crippen LogP contribution in [0.2, 0.25) is 0 Å². The quantitative estimate of drug-likeness (QED) is 0.155. The summed E-state index contributed by atoms with van der Waals surface area (Å²) in [6.45, 7) is 1.99. The van der Waals surface area contributed by atoms with Gasteiger partial charge >= 0.3 is 0 Å². The lowest BCUT2D eigenvalue weighted by molar-refractivity contribution is -0.319. The monoisotopic (exact) mass is 650 g/mol. The Morgan fingerprint density at radius 1 is 0.646 bits per heavy atom. The lowest BCUT2D eigenvalue weighted by Crippen LogP contribution is -2.56. The lowest BCUT2D eigenvalue weighted by Gasteiger charge is -2.45. The molecule has 0 radical (unpaired) electrons. The van der Waals surface area contributed by atoms with Crippen molar-refractivity contribution in [3.63, 3.8) is 0 Å². The second kappa shape index (κ2) is 16.5. The Morgan fingerprint density at radius 2 is 1.25 bits per heavy atom. The van der Waals surface area contributed by atoms with Crippen LogP contribution in [0.25, 0.3) is 0 Å². The van der Waals surface area contributed by atoms with Crippen LogP contribution >= 0.6 is 0 Å². The molecule has 0 saturated carbocycles. The van der Waals surface area contributed by atoms with Gasteiger partial charge in [-0.3, -0.25) is 0 Å². The highest BCUT2D eigenvalue weighted by molar-refractivity contribution is 5.18. The number of hydrogen-bond donors (Lipinski definition) is 0. The van der Waals surface area contributed by atoms with Gasteiger partial charge in [0.05, 0.1) is 45.4 Å². The molecule has 0 aliphatic carbocycles. The van der Waals surface area contributed by atoms with E-state index >= 15 is 0 Å². The minimum absolute atomic E-state index is 0.301. The molecule has 48 heavy (non-hydrogen) atoms. The van der Waals surface area contributed by atoms with Crippen molar-refractivity contribution in [2.75, 3.05) is 13.2 Å². The van der Waals surface area contributed by atoms with Gasteiger partial charge in [0.15, 0.2) is 18.7 Å². The zero-order valence-electron chi connectivity index (χ0n) is 26.8. The molecule has 8 heteroatoms. The smallest absolute Gasteiger partial charge is 0.184 e. The van der Waals surface area contributed by atoms with Crippen molar-refractivity contribution in [3.8, 4) is 0 Å². The Hall–Kier alpha value is -3.86. The average molecular weight is 651 g/mol. The summed E-state index contributed by atoms with van der Waals surface area (Å²) in [5.74, 6) is 0. The van der Waals surface area contributed by atoms with Gasteiger partial charge in [0.1, 0.15) is 24.4 Å². The molecule has 2 fully saturated rings. The first kappa shape index (κ1) is 32.7. The third kappa shape index (κ3) is 8.59. The average Bonchev–Trinajstić information content (AvgIpc) is 3.15. The molecule has 0 bridgehead atoms. The van der Waals surface area contributed by atoms with Gasteiger partial charge in [-0.1, -0.05) is 121 Å². The maximum absolute atomic E-state index is 6.71. The number of rotatable bonds is 13. The van der Waals surface area contributed by atoms with Crippen LogP contribution in [0.4, 0.5) is 0 Å². The molecule has 4 aromatic carbocycles. The zero-order valence-corrected chi connectivity index (χ0v) is 26.8. The Kier molecular flexibility index (Phi) is 11.2. The molecule has 3 aliphatic heterocycles. The third-order valence-electron chi connectivity index (χ3n) is 8.76. The molecule has 0 spiro atoms. The molecule has 7 rings (SSSR count). The van der Waals surface area contributed by atoms with Crippen LogP contribution in [0, 0.1) is 0 Å². The summed E-state index contributed by atoms with van der Waals surface area (Å²) in [7, 11) is 0. The summed E-state index contributed by atoms with van der Waals surface area (Å²) >= 11 is 0. The fraction of sp³-hybridized carbons (Fsp3) is 0.350. The molecule has 0 amide bonds. The van der Waals surface area contributed by atoms with Crippen molar-refractivity contribution < 1.29 is 37.9 Å². The number of benzene rings is 4. The minimum atomic E-state index is -0.609. The molecule has 3 heterocycles. The Balaban J connectivity index is 1.09. The van der Waals surface area contributed by atoms with E-state index in [1.54, 1.807) is 6.26 Å². The Bertz CT molecular complexity index is 1540. The van der Waals surface area contributed by atoms with Crippen molar-refractivity contribution >= 4 is 0 Å². The van der Waals surface area contributed by atoms with Gasteiger partial charge in [-0.15, -0.1) is 0 Å². The van der Waals surface area contributed by atoms with E-state index in [4.69, 9.17) is 37.9 Å². The SMILES string of the molecule is C1=C[C@@H](O[C@H]2C[C@@H](OCc3ccccc3)[C@H](OCc3ccccc3)[C@@H](COCc3ccccc3)O2)[C@@H]2O[C@H](c3ccccc3)OC[C@H]2O1. The van der Waals surface area contributed by atoms with E-state index in [2.05, 4.69) is 24.3 Å². The van der Waals surface area contributed by atoms with E-state index < -0.39 is 30.9 Å². The van der Waals surface area contributed by atoms with E-state index in [0.717, 1.165) is 22.3 Å². The van der Waals surface area contributed by atoms with E-state index in [0.29, 0.717) is 39.5 Å². The zero-order chi connectivity index (χ0) is 32.4. The molecule has 250 valence electrons. The number of fused-ring (bicyclic) bond motifs is 1. The van der Waals surface area contributed by atoms with E-state index in [9.17, 15) is 0 Å². The van der Waals surface area contributed by atoms with Crippen molar-refractivity contribution in [2.24, 2.45) is 0 Å². The standard InChI is InChI=1S/C40H42O8/c1-5-13-29(14-6-1)24-41-27-36-38(44-26-31-17-9-3-10-18-31)34(43-25-30-15-7-2-8-16-30)23-37(47-36)46-33-21-22-42-35-28-45-40(48-39(33)35)32-19-11-4-12-20-32/h1-22,33-40H,23-28H2/t33-,34-,35-,36-,37-,38+,39+,40-/m1/s1. The summed E-state index contributed by atoms with van der Waals surface area (Å²) < 4.78 is 51.2. The summed E-state index contributed by atoms with van der Waals surface area (Å²) in [5.41, 5.74) is 4.19. The summed E-state index contributed by atoms with van der Waals surface area (Å²) in [4.78, 5) is 0. The van der Waals surface area contributed by atoms with E-state index in [-0.39, 0.29) is 18.3 Å². The van der Waals surface area contributed by atoms with Gasteiger partial charge in [-0.2, -0.15) is 0 Å². The summed E-state index contributed by atoms with van der Waals surface area (Å²) in [6.07, 6.45) is 0.589. The highest BCUT2D eigenvalue weighted by Gasteiger charge is 2.45. The van der Waals surface area contributed by atoms with Crippen LogP contribution in [0.3, 0.4) is 0 Å². The normalized spacial score (nSPS) is 28.3. The van der Waals surface area contributed by atoms with E-state index in [1.165, 1.54) is 0 Å². The molecule has 8 atom stereocenters. The van der Waals surface area contributed by atoms with Crippen LogP contribution in [0.1, 0.15) is 35.0 Å². The van der Waals surface area contributed by atoms with Crippen LogP contribution in [-0.4, -0.2) is 56.1 Å². The van der Waals surface area contributed by atoms with Crippen LogP contribution < -0.4 is 0 Å². The maximum Gasteiger partial charge on any atom is 0.184 e. The first-order valence-corrected chi connectivity index (χ1v) is 16.7. The third-order valence-corrected chi connectivity index (χ3v) is 8.76. The van der Waals surface area contributed by atoms with Crippen LogP contribution in [-0.2, 0) is 57.7 Å². The highest BCUT2D eigenvalue weighted by Crippen LogP contribution is 2.35. The van der Waals surface area contributed by atoms with Crippen LogP contribution in [0.5, 0.6) is 0 Å². The molecule has 2 saturated heterocycles. The molecule has 4 aromatic rings. The topological polar surface area (TPSA) is 73.8 Å². The Labute approximate surface area is 282 Å². The first-order valence-electron chi connectivity index (χ1n) is 16.7. The highest BCUT2D eigenvalue weighted by atomic mass is 16.7. The molecular formula is C40H42O8. The van der Waals surface area contributed by atoms with Crippen LogP contribution in [0.15, 0.2) is 134 Å². The van der Waals surface area contributed by atoms with Gasteiger partial charge in [0.25, 0.3) is 0 Å². The molecular weight excluding hydrogens is 608 g/mol.